The van der Waals surface area contributed by atoms with Crippen molar-refractivity contribution in [3.8, 4) is 17.0 Å². The molecule has 2 saturated heterocycles. The molecular formula is C26H38N4O3. The average molecular weight is 455 g/mol. The molecule has 0 spiro atoms. The zero-order chi connectivity index (χ0) is 23.2. The number of rotatable bonds is 9. The molecule has 2 aliphatic rings. The minimum absolute atomic E-state index is 0.152. The fourth-order valence-electron chi connectivity index (χ4n) is 5.51. The molecule has 0 bridgehead atoms. The van der Waals surface area contributed by atoms with Crippen LogP contribution in [-0.2, 0) is 16.0 Å². The van der Waals surface area contributed by atoms with Gasteiger partial charge in [0.25, 0.3) is 0 Å². The Balaban J connectivity index is 1.50. The number of ether oxygens (including phenoxy) is 2. The van der Waals surface area contributed by atoms with Crippen molar-refractivity contribution in [3.63, 3.8) is 0 Å². The SMILES string of the molecule is COCCN(CC1CCCN2CCCCC12)C(=O)Cc1c(-c2ccc(OC)cc2)n[nH]c1C. The van der Waals surface area contributed by atoms with Gasteiger partial charge in [0.2, 0.25) is 5.91 Å². The van der Waals surface area contributed by atoms with Gasteiger partial charge in [0.05, 0.1) is 25.8 Å². The third-order valence-electron chi connectivity index (χ3n) is 7.37. The Morgan fingerprint density at radius 2 is 1.94 bits per heavy atom. The van der Waals surface area contributed by atoms with Crippen molar-refractivity contribution in [1.29, 1.82) is 0 Å². The molecule has 2 unspecified atom stereocenters. The number of carbonyl (C=O) groups excluding carboxylic acids is 1. The number of methoxy groups -OCH3 is 2. The number of aromatic nitrogens is 2. The van der Waals surface area contributed by atoms with Crippen molar-refractivity contribution in [2.45, 2.75) is 51.5 Å². The van der Waals surface area contributed by atoms with Crippen LogP contribution in [0.4, 0.5) is 0 Å². The van der Waals surface area contributed by atoms with Crippen molar-refractivity contribution in [2.75, 3.05) is 47.0 Å². The first-order chi connectivity index (χ1) is 16.1. The van der Waals surface area contributed by atoms with E-state index in [-0.39, 0.29) is 5.91 Å². The lowest BCUT2D eigenvalue weighted by atomic mass is 9.83. The summed E-state index contributed by atoms with van der Waals surface area (Å²) in [7, 11) is 3.36. The standard InChI is InChI=1S/C26H38N4O3/c1-19-23(26(28-27-19)20-9-11-22(33-3)12-10-20)17-25(31)30(15-16-32-2)18-21-7-6-14-29-13-5-4-8-24(21)29/h9-12,21,24H,4-8,13-18H2,1-3H3,(H,27,28). The number of H-pyrrole nitrogens is 1. The number of hydrogen-bond donors (Lipinski definition) is 1. The molecule has 1 N–H and O–H groups in total. The number of nitrogens with one attached hydrogen (secondary N) is 1. The molecule has 2 fully saturated rings. The number of piperidine rings is 2. The van der Waals surface area contributed by atoms with E-state index in [0.717, 1.165) is 34.8 Å². The van der Waals surface area contributed by atoms with Crippen molar-refractivity contribution < 1.29 is 14.3 Å². The van der Waals surface area contributed by atoms with Crippen molar-refractivity contribution >= 4 is 5.91 Å². The molecule has 0 radical (unpaired) electrons. The highest BCUT2D eigenvalue weighted by atomic mass is 16.5. The first-order valence-corrected chi connectivity index (χ1v) is 12.3. The van der Waals surface area contributed by atoms with E-state index >= 15 is 0 Å². The topological polar surface area (TPSA) is 70.7 Å². The minimum atomic E-state index is 0.152. The number of aromatic amines is 1. The zero-order valence-electron chi connectivity index (χ0n) is 20.3. The molecule has 4 rings (SSSR count). The van der Waals surface area contributed by atoms with Crippen LogP contribution in [-0.4, -0.2) is 79.0 Å². The van der Waals surface area contributed by atoms with Crippen molar-refractivity contribution in [3.05, 3.63) is 35.5 Å². The van der Waals surface area contributed by atoms with E-state index in [1.807, 2.05) is 36.1 Å². The monoisotopic (exact) mass is 454 g/mol. The van der Waals surface area contributed by atoms with Crippen molar-refractivity contribution in [2.24, 2.45) is 5.92 Å². The van der Waals surface area contributed by atoms with E-state index in [4.69, 9.17) is 9.47 Å². The maximum Gasteiger partial charge on any atom is 0.227 e. The molecule has 1 aromatic heterocycles. The fraction of sp³-hybridized carbons (Fsp3) is 0.615. The molecule has 0 aliphatic carbocycles. The smallest absolute Gasteiger partial charge is 0.227 e. The number of aryl methyl sites for hydroxylation is 1. The van der Waals surface area contributed by atoms with E-state index < -0.39 is 0 Å². The Morgan fingerprint density at radius 3 is 2.70 bits per heavy atom. The summed E-state index contributed by atoms with van der Waals surface area (Å²) < 4.78 is 10.6. The number of fused-ring (bicyclic) bond motifs is 1. The molecule has 7 heteroatoms. The zero-order valence-corrected chi connectivity index (χ0v) is 20.3. The maximum atomic E-state index is 13.6. The van der Waals surface area contributed by atoms with Gasteiger partial charge in [0, 0.05) is 43.1 Å². The Kier molecular flexibility index (Phi) is 8.04. The highest BCUT2D eigenvalue weighted by Gasteiger charge is 2.34. The molecule has 7 nitrogen and oxygen atoms in total. The number of nitrogens with zero attached hydrogens (tertiary/aromatic N) is 3. The second-order valence-electron chi connectivity index (χ2n) is 9.42. The molecule has 2 aromatic rings. The summed E-state index contributed by atoms with van der Waals surface area (Å²) in [5.41, 5.74) is 3.73. The number of hydrogen-bond acceptors (Lipinski definition) is 5. The quantitative estimate of drug-likeness (QED) is 0.626. The van der Waals surface area contributed by atoms with E-state index in [1.54, 1.807) is 14.2 Å². The Bertz CT molecular complexity index is 909. The molecule has 3 heterocycles. The van der Waals surface area contributed by atoms with Gasteiger partial charge in [-0.2, -0.15) is 5.10 Å². The van der Waals surface area contributed by atoms with Gasteiger partial charge < -0.3 is 19.3 Å². The lowest BCUT2D eigenvalue weighted by Gasteiger charge is -2.45. The first-order valence-electron chi connectivity index (χ1n) is 12.3. The van der Waals surface area contributed by atoms with Gasteiger partial charge in [-0.15, -0.1) is 0 Å². The maximum absolute atomic E-state index is 13.6. The van der Waals surface area contributed by atoms with Gasteiger partial charge >= 0.3 is 0 Å². The van der Waals surface area contributed by atoms with Crippen LogP contribution < -0.4 is 4.74 Å². The summed E-state index contributed by atoms with van der Waals surface area (Å²) in [6, 6.07) is 8.45. The fourth-order valence-corrected chi connectivity index (χ4v) is 5.51. The molecule has 180 valence electrons. The Morgan fingerprint density at radius 1 is 1.15 bits per heavy atom. The van der Waals surface area contributed by atoms with Crippen LogP contribution >= 0.6 is 0 Å². The summed E-state index contributed by atoms with van der Waals surface area (Å²) in [5, 5.41) is 7.60. The molecule has 1 amide bonds. The number of amides is 1. The first kappa shape index (κ1) is 23.8. The second-order valence-corrected chi connectivity index (χ2v) is 9.42. The van der Waals surface area contributed by atoms with Gasteiger partial charge in [0.1, 0.15) is 5.75 Å². The number of carbonyl (C=O) groups is 1. The van der Waals surface area contributed by atoms with Gasteiger partial charge in [-0.3, -0.25) is 9.89 Å². The largest absolute Gasteiger partial charge is 0.497 e. The van der Waals surface area contributed by atoms with Gasteiger partial charge in [0.15, 0.2) is 0 Å². The summed E-state index contributed by atoms with van der Waals surface area (Å²) in [6.45, 7) is 6.43. The van der Waals surface area contributed by atoms with Gasteiger partial charge in [-0.05, 0) is 75.9 Å². The third kappa shape index (κ3) is 5.58. The molecule has 33 heavy (non-hydrogen) atoms. The summed E-state index contributed by atoms with van der Waals surface area (Å²) in [6.07, 6.45) is 6.66. The molecule has 1 aromatic carbocycles. The molecule has 2 aliphatic heterocycles. The summed E-state index contributed by atoms with van der Waals surface area (Å²) >= 11 is 0. The normalized spacial score (nSPS) is 20.9. The van der Waals surface area contributed by atoms with E-state index in [2.05, 4.69) is 15.1 Å². The van der Waals surface area contributed by atoms with Crippen LogP contribution in [0.5, 0.6) is 5.75 Å². The predicted molar refractivity (Wildman–Crippen MR) is 129 cm³/mol. The van der Waals surface area contributed by atoms with Crippen LogP contribution in [0.15, 0.2) is 24.3 Å². The molecule has 2 atom stereocenters. The van der Waals surface area contributed by atoms with Crippen LogP contribution in [0, 0.1) is 12.8 Å². The molecule has 0 saturated carbocycles. The lowest BCUT2D eigenvalue weighted by Crippen LogP contribution is -2.52. The highest BCUT2D eigenvalue weighted by molar-refractivity contribution is 5.82. The number of benzene rings is 1. The molecular weight excluding hydrogens is 416 g/mol. The Hall–Kier alpha value is -2.38. The highest BCUT2D eigenvalue weighted by Crippen LogP contribution is 2.32. The minimum Gasteiger partial charge on any atom is -0.497 e. The van der Waals surface area contributed by atoms with Crippen LogP contribution in [0.3, 0.4) is 0 Å². The summed E-state index contributed by atoms with van der Waals surface area (Å²) in [5.74, 6) is 1.50. The van der Waals surface area contributed by atoms with Gasteiger partial charge in [-0.1, -0.05) is 6.42 Å². The van der Waals surface area contributed by atoms with Crippen molar-refractivity contribution in [1.82, 2.24) is 20.0 Å². The van der Waals surface area contributed by atoms with Crippen LogP contribution in [0.25, 0.3) is 11.3 Å². The lowest BCUT2D eigenvalue weighted by molar-refractivity contribution is -0.132. The van der Waals surface area contributed by atoms with E-state index in [1.165, 1.54) is 45.2 Å². The van der Waals surface area contributed by atoms with Crippen LogP contribution in [0.1, 0.15) is 43.4 Å². The van der Waals surface area contributed by atoms with E-state index in [9.17, 15) is 4.79 Å². The Labute approximate surface area is 197 Å². The van der Waals surface area contributed by atoms with Gasteiger partial charge in [-0.25, -0.2) is 0 Å². The second kappa shape index (κ2) is 11.2. The predicted octanol–water partition coefficient (Wildman–Crippen LogP) is 3.68. The summed E-state index contributed by atoms with van der Waals surface area (Å²) in [4.78, 5) is 18.3. The third-order valence-corrected chi connectivity index (χ3v) is 7.37. The van der Waals surface area contributed by atoms with Crippen LogP contribution in [0.2, 0.25) is 0 Å². The average Bonchev–Trinajstić information content (AvgIpc) is 3.21. The van der Waals surface area contributed by atoms with E-state index in [0.29, 0.717) is 31.5 Å².